The lowest BCUT2D eigenvalue weighted by molar-refractivity contribution is -0.131. The minimum absolute atomic E-state index is 0.0829. The van der Waals surface area contributed by atoms with Crippen LogP contribution in [-0.2, 0) is 14.3 Å². The molecule has 0 aliphatic rings. The van der Waals surface area contributed by atoms with E-state index in [4.69, 9.17) is 4.74 Å². The number of hydrogen-bond donors (Lipinski definition) is 2. The van der Waals surface area contributed by atoms with E-state index in [9.17, 15) is 9.59 Å². The van der Waals surface area contributed by atoms with Crippen molar-refractivity contribution in [3.8, 4) is 0 Å². The number of amides is 2. The molecule has 5 nitrogen and oxygen atoms in total. The van der Waals surface area contributed by atoms with Crippen LogP contribution in [0.3, 0.4) is 0 Å². The monoisotopic (exact) mass is 230 g/mol. The zero-order valence-electron chi connectivity index (χ0n) is 10.7. The van der Waals surface area contributed by atoms with E-state index in [1.807, 2.05) is 34.6 Å². The molecule has 2 N–H and O–H groups in total. The summed E-state index contributed by atoms with van der Waals surface area (Å²) in [4.78, 5) is 22.4. The fourth-order valence-corrected chi connectivity index (χ4v) is 1.05. The zero-order valence-corrected chi connectivity index (χ0v) is 10.7. The van der Waals surface area contributed by atoms with Crippen LogP contribution in [0.25, 0.3) is 0 Å². The van der Waals surface area contributed by atoms with Gasteiger partial charge in [-0.25, -0.2) is 0 Å². The SMILES string of the molecule is CC(C)NC(=O)COCC(=O)NC(C)(C)C. The molecule has 5 heteroatoms. The number of hydrogen-bond acceptors (Lipinski definition) is 3. The van der Waals surface area contributed by atoms with E-state index in [0.29, 0.717) is 0 Å². The molecule has 0 heterocycles. The highest BCUT2D eigenvalue weighted by Crippen LogP contribution is 1.97. The molecule has 0 aliphatic carbocycles. The van der Waals surface area contributed by atoms with E-state index >= 15 is 0 Å². The highest BCUT2D eigenvalue weighted by atomic mass is 16.5. The minimum Gasteiger partial charge on any atom is -0.362 e. The first-order chi connectivity index (χ1) is 7.20. The van der Waals surface area contributed by atoms with Crippen LogP contribution in [0.15, 0.2) is 0 Å². The van der Waals surface area contributed by atoms with Gasteiger partial charge in [-0.1, -0.05) is 0 Å². The molecule has 0 aromatic carbocycles. The van der Waals surface area contributed by atoms with Crippen molar-refractivity contribution < 1.29 is 14.3 Å². The normalized spacial score (nSPS) is 11.4. The van der Waals surface area contributed by atoms with Crippen molar-refractivity contribution in [1.82, 2.24) is 10.6 Å². The van der Waals surface area contributed by atoms with Crippen molar-refractivity contribution in [2.45, 2.75) is 46.2 Å². The lowest BCUT2D eigenvalue weighted by Crippen LogP contribution is -2.43. The molecule has 0 saturated carbocycles. The predicted octanol–water partition coefficient (Wildman–Crippen LogP) is 0.442. The Kier molecular flexibility index (Phi) is 6.03. The highest BCUT2D eigenvalue weighted by Gasteiger charge is 2.13. The molecule has 0 saturated heterocycles. The van der Waals surface area contributed by atoms with Crippen molar-refractivity contribution in [2.24, 2.45) is 0 Å². The molecule has 0 aromatic rings. The third-order valence-electron chi connectivity index (χ3n) is 1.43. The summed E-state index contributed by atoms with van der Waals surface area (Å²) >= 11 is 0. The van der Waals surface area contributed by atoms with Crippen LogP contribution in [0.2, 0.25) is 0 Å². The Morgan fingerprint density at radius 2 is 1.62 bits per heavy atom. The third kappa shape index (κ3) is 9.45. The highest BCUT2D eigenvalue weighted by molar-refractivity contribution is 5.80. The molecule has 0 bridgehead atoms. The van der Waals surface area contributed by atoms with E-state index in [-0.39, 0.29) is 36.6 Å². The maximum Gasteiger partial charge on any atom is 0.246 e. The van der Waals surface area contributed by atoms with Gasteiger partial charge < -0.3 is 15.4 Å². The predicted molar refractivity (Wildman–Crippen MR) is 62.0 cm³/mol. The molecule has 94 valence electrons. The molecular formula is C11H22N2O3. The van der Waals surface area contributed by atoms with E-state index in [1.165, 1.54) is 0 Å². The molecule has 0 spiro atoms. The standard InChI is InChI=1S/C11H22N2O3/c1-8(2)12-9(14)6-16-7-10(15)13-11(3,4)5/h8H,6-7H2,1-5H3,(H,12,14)(H,13,15). The Morgan fingerprint density at radius 3 is 2.06 bits per heavy atom. The Morgan fingerprint density at radius 1 is 1.12 bits per heavy atom. The van der Waals surface area contributed by atoms with Gasteiger partial charge in [0.15, 0.2) is 0 Å². The summed E-state index contributed by atoms with van der Waals surface area (Å²) < 4.78 is 4.98. The van der Waals surface area contributed by atoms with Gasteiger partial charge in [0.25, 0.3) is 0 Å². The van der Waals surface area contributed by atoms with E-state index < -0.39 is 0 Å². The number of carbonyl (C=O) groups excluding carboxylic acids is 2. The number of carbonyl (C=O) groups is 2. The summed E-state index contributed by atoms with van der Waals surface area (Å²) in [7, 11) is 0. The van der Waals surface area contributed by atoms with Crippen LogP contribution in [-0.4, -0.2) is 36.6 Å². The van der Waals surface area contributed by atoms with E-state index in [0.717, 1.165) is 0 Å². The molecule has 0 unspecified atom stereocenters. The summed E-state index contributed by atoms with van der Waals surface area (Å²) in [5.74, 6) is -0.427. The zero-order chi connectivity index (χ0) is 12.8. The topological polar surface area (TPSA) is 67.4 Å². The molecule has 0 aromatic heterocycles. The van der Waals surface area contributed by atoms with Crippen LogP contribution in [0.5, 0.6) is 0 Å². The summed E-state index contributed by atoms with van der Waals surface area (Å²) in [6, 6.07) is 0.0829. The summed E-state index contributed by atoms with van der Waals surface area (Å²) in [5.41, 5.74) is -0.277. The number of nitrogens with one attached hydrogen (secondary N) is 2. The average Bonchev–Trinajstić information content (AvgIpc) is 1.98. The van der Waals surface area contributed by atoms with Gasteiger partial charge in [0.05, 0.1) is 0 Å². The summed E-state index contributed by atoms with van der Waals surface area (Å²) in [5, 5.41) is 5.41. The molecule has 16 heavy (non-hydrogen) atoms. The van der Waals surface area contributed by atoms with Gasteiger partial charge in [0, 0.05) is 11.6 Å². The molecule has 0 aliphatic heterocycles. The molecule has 0 rings (SSSR count). The molecular weight excluding hydrogens is 208 g/mol. The van der Waals surface area contributed by atoms with Gasteiger partial charge in [0.1, 0.15) is 13.2 Å². The smallest absolute Gasteiger partial charge is 0.246 e. The first-order valence-corrected chi connectivity index (χ1v) is 5.39. The van der Waals surface area contributed by atoms with Gasteiger partial charge in [-0.05, 0) is 34.6 Å². The maximum atomic E-state index is 11.3. The summed E-state index contributed by atoms with van der Waals surface area (Å²) in [6.07, 6.45) is 0. The Labute approximate surface area is 96.9 Å². The maximum absolute atomic E-state index is 11.3. The van der Waals surface area contributed by atoms with Crippen molar-refractivity contribution in [2.75, 3.05) is 13.2 Å². The van der Waals surface area contributed by atoms with Gasteiger partial charge in [-0.15, -0.1) is 0 Å². The van der Waals surface area contributed by atoms with Crippen LogP contribution in [0, 0.1) is 0 Å². The third-order valence-corrected chi connectivity index (χ3v) is 1.43. The van der Waals surface area contributed by atoms with E-state index in [2.05, 4.69) is 10.6 Å². The van der Waals surface area contributed by atoms with Gasteiger partial charge in [-0.2, -0.15) is 0 Å². The van der Waals surface area contributed by atoms with Crippen LogP contribution >= 0.6 is 0 Å². The Bertz CT molecular complexity index is 244. The Balaban J connectivity index is 3.66. The van der Waals surface area contributed by atoms with Crippen molar-refractivity contribution >= 4 is 11.8 Å². The quantitative estimate of drug-likeness (QED) is 0.720. The second-order valence-corrected chi connectivity index (χ2v) is 5.01. The fourth-order valence-electron chi connectivity index (χ4n) is 1.05. The van der Waals surface area contributed by atoms with Gasteiger partial charge in [0.2, 0.25) is 11.8 Å². The number of ether oxygens (including phenoxy) is 1. The van der Waals surface area contributed by atoms with Crippen molar-refractivity contribution in [1.29, 1.82) is 0 Å². The molecule has 0 atom stereocenters. The van der Waals surface area contributed by atoms with Gasteiger partial charge in [-0.3, -0.25) is 9.59 Å². The van der Waals surface area contributed by atoms with Crippen LogP contribution in [0.1, 0.15) is 34.6 Å². The first-order valence-electron chi connectivity index (χ1n) is 5.39. The van der Waals surface area contributed by atoms with Gasteiger partial charge >= 0.3 is 0 Å². The lowest BCUT2D eigenvalue weighted by atomic mass is 10.1. The largest absolute Gasteiger partial charge is 0.362 e. The van der Waals surface area contributed by atoms with Crippen LogP contribution < -0.4 is 10.6 Å². The lowest BCUT2D eigenvalue weighted by Gasteiger charge is -2.20. The van der Waals surface area contributed by atoms with Crippen molar-refractivity contribution in [3.05, 3.63) is 0 Å². The fraction of sp³-hybridized carbons (Fsp3) is 0.818. The second kappa shape index (κ2) is 6.48. The molecule has 0 radical (unpaired) electrons. The Hall–Kier alpha value is -1.10. The van der Waals surface area contributed by atoms with Crippen molar-refractivity contribution in [3.63, 3.8) is 0 Å². The molecule has 0 fully saturated rings. The van der Waals surface area contributed by atoms with E-state index in [1.54, 1.807) is 0 Å². The molecule has 2 amide bonds. The second-order valence-electron chi connectivity index (χ2n) is 5.01. The first kappa shape index (κ1) is 14.9. The minimum atomic E-state index is -0.277. The average molecular weight is 230 g/mol. The van der Waals surface area contributed by atoms with Crippen LogP contribution in [0.4, 0.5) is 0 Å². The summed E-state index contributed by atoms with van der Waals surface area (Å²) in [6.45, 7) is 9.20. The number of rotatable bonds is 5.